The molecule has 0 fully saturated rings. The third-order valence-electron chi connectivity index (χ3n) is 3.21. The normalized spacial score (nSPS) is 11.3. The Balaban J connectivity index is 3.02. The molecule has 1 atom stereocenters. The Morgan fingerprint density at radius 2 is 1.84 bits per heavy atom. The summed E-state index contributed by atoms with van der Waals surface area (Å²) < 4.78 is 0. The number of benzene rings is 1. The summed E-state index contributed by atoms with van der Waals surface area (Å²) in [5.41, 5.74) is 0.993. The van der Waals surface area contributed by atoms with Gasteiger partial charge in [0.05, 0.1) is 11.3 Å². The first-order valence-electron chi connectivity index (χ1n) is 7.65. The lowest BCUT2D eigenvalue weighted by molar-refractivity contribution is -0.140. The molecule has 0 saturated carbocycles. The summed E-state index contributed by atoms with van der Waals surface area (Å²) in [6.07, 6.45) is -0.642. The smallest absolute Gasteiger partial charge is 0.326 e. The Labute approximate surface area is 144 Å². The molecule has 25 heavy (non-hydrogen) atoms. The molecule has 1 rings (SSSR count). The average molecular weight is 351 g/mol. The molecule has 0 saturated heterocycles. The first-order chi connectivity index (χ1) is 11.7. The van der Waals surface area contributed by atoms with E-state index >= 15 is 0 Å². The predicted molar refractivity (Wildman–Crippen MR) is 90.7 cm³/mol. The molecule has 1 aromatic carbocycles. The van der Waals surface area contributed by atoms with Gasteiger partial charge in [0.2, 0.25) is 5.91 Å². The number of carboxylic acid groups (broad SMARTS) is 2. The molecular weight excluding hydrogens is 330 g/mol. The number of hydrogen-bond acceptors (Lipinski definition) is 5. The second-order valence-corrected chi connectivity index (χ2v) is 5.27. The van der Waals surface area contributed by atoms with Gasteiger partial charge in [0.1, 0.15) is 6.04 Å². The van der Waals surface area contributed by atoms with E-state index in [1.54, 1.807) is 12.1 Å². The zero-order valence-corrected chi connectivity index (χ0v) is 14.0. The van der Waals surface area contributed by atoms with E-state index in [-0.39, 0.29) is 23.6 Å². The van der Waals surface area contributed by atoms with Gasteiger partial charge in [-0.25, -0.2) is 4.79 Å². The van der Waals surface area contributed by atoms with E-state index < -0.39 is 30.3 Å². The Bertz CT molecular complexity index is 674. The Kier molecular flexibility index (Phi) is 7.39. The van der Waals surface area contributed by atoms with Crippen LogP contribution in [0.15, 0.2) is 18.2 Å². The van der Waals surface area contributed by atoms with Crippen LogP contribution in [-0.2, 0) is 14.4 Å². The zero-order chi connectivity index (χ0) is 19.0. The highest BCUT2D eigenvalue weighted by molar-refractivity contribution is 6.05. The Morgan fingerprint density at radius 1 is 1.16 bits per heavy atom. The number of hydrogen-bond donors (Lipinski definition) is 5. The third kappa shape index (κ3) is 6.50. The summed E-state index contributed by atoms with van der Waals surface area (Å²) >= 11 is 0. The second kappa shape index (κ2) is 9.26. The molecule has 0 aliphatic rings. The van der Waals surface area contributed by atoms with E-state index in [2.05, 4.69) is 16.0 Å². The fourth-order valence-electron chi connectivity index (χ4n) is 2.11. The molecule has 1 aromatic rings. The van der Waals surface area contributed by atoms with Crippen molar-refractivity contribution in [3.05, 3.63) is 23.8 Å². The number of rotatable bonds is 9. The summed E-state index contributed by atoms with van der Waals surface area (Å²) in [6, 6.07) is 3.29. The van der Waals surface area contributed by atoms with Crippen LogP contribution in [-0.4, -0.2) is 46.6 Å². The van der Waals surface area contributed by atoms with E-state index in [0.717, 1.165) is 0 Å². The van der Waals surface area contributed by atoms with Crippen molar-refractivity contribution < 1.29 is 29.4 Å². The second-order valence-electron chi connectivity index (χ2n) is 5.27. The minimum Gasteiger partial charge on any atom is -0.481 e. The molecule has 0 aliphatic heterocycles. The van der Waals surface area contributed by atoms with Crippen molar-refractivity contribution in [2.24, 2.45) is 0 Å². The van der Waals surface area contributed by atoms with Gasteiger partial charge in [0.25, 0.3) is 5.91 Å². The molecule has 0 bridgehead atoms. The van der Waals surface area contributed by atoms with Crippen molar-refractivity contribution in [1.82, 2.24) is 5.32 Å². The Morgan fingerprint density at radius 3 is 2.36 bits per heavy atom. The highest BCUT2D eigenvalue weighted by Crippen LogP contribution is 2.21. The molecule has 0 aliphatic carbocycles. The molecule has 9 nitrogen and oxygen atoms in total. The maximum atomic E-state index is 12.4. The van der Waals surface area contributed by atoms with Crippen molar-refractivity contribution in [2.45, 2.75) is 32.7 Å². The molecule has 0 aromatic heterocycles. The summed E-state index contributed by atoms with van der Waals surface area (Å²) in [5, 5.41) is 25.6. The lowest BCUT2D eigenvalue weighted by Crippen LogP contribution is -2.41. The van der Waals surface area contributed by atoms with Crippen molar-refractivity contribution >= 4 is 35.1 Å². The van der Waals surface area contributed by atoms with Crippen LogP contribution in [0.1, 0.15) is 37.0 Å². The standard InChI is InChI=1S/C16H21N3O6/c1-3-17-10-4-5-11(13(8-10)18-9(2)20)15(23)19-12(16(24)25)6-7-14(21)22/h4-5,8,12,17H,3,6-7H2,1-2H3,(H,18,20)(H,19,23)(H,21,22)(H,24,25)/t12-/m0/s1. The SMILES string of the molecule is CCNc1ccc(C(=O)N[C@@H](CCC(=O)O)C(=O)O)c(NC(C)=O)c1. The quantitative estimate of drug-likeness (QED) is 0.448. The van der Waals surface area contributed by atoms with Gasteiger partial charge < -0.3 is 26.2 Å². The van der Waals surface area contributed by atoms with Crippen LogP contribution in [0.3, 0.4) is 0 Å². The summed E-state index contributed by atoms with van der Waals surface area (Å²) in [7, 11) is 0. The zero-order valence-electron chi connectivity index (χ0n) is 14.0. The average Bonchev–Trinajstić information content (AvgIpc) is 2.50. The van der Waals surface area contributed by atoms with Gasteiger partial charge in [0.15, 0.2) is 0 Å². The third-order valence-corrected chi connectivity index (χ3v) is 3.21. The van der Waals surface area contributed by atoms with Crippen LogP contribution in [0, 0.1) is 0 Å². The lowest BCUT2D eigenvalue weighted by atomic mass is 10.1. The van der Waals surface area contributed by atoms with E-state index in [4.69, 9.17) is 10.2 Å². The molecule has 0 unspecified atom stereocenters. The maximum Gasteiger partial charge on any atom is 0.326 e. The van der Waals surface area contributed by atoms with E-state index in [1.165, 1.54) is 13.0 Å². The van der Waals surface area contributed by atoms with Crippen molar-refractivity contribution in [3.63, 3.8) is 0 Å². The number of aliphatic carboxylic acids is 2. The molecule has 9 heteroatoms. The topological polar surface area (TPSA) is 145 Å². The number of carbonyl (C=O) groups excluding carboxylic acids is 2. The maximum absolute atomic E-state index is 12.4. The van der Waals surface area contributed by atoms with Gasteiger partial charge in [-0.1, -0.05) is 0 Å². The van der Waals surface area contributed by atoms with Crippen LogP contribution in [0.5, 0.6) is 0 Å². The first kappa shape index (κ1) is 19.9. The lowest BCUT2D eigenvalue weighted by Gasteiger charge is -2.16. The monoisotopic (exact) mass is 351 g/mol. The van der Waals surface area contributed by atoms with Gasteiger partial charge >= 0.3 is 11.9 Å². The van der Waals surface area contributed by atoms with Gasteiger partial charge in [-0.05, 0) is 31.5 Å². The summed E-state index contributed by atoms with van der Waals surface area (Å²) in [4.78, 5) is 45.5. The van der Waals surface area contributed by atoms with Gasteiger partial charge in [-0.3, -0.25) is 14.4 Å². The fourth-order valence-corrected chi connectivity index (χ4v) is 2.11. The fraction of sp³-hybridized carbons (Fsp3) is 0.375. The van der Waals surface area contributed by atoms with Crippen molar-refractivity contribution in [3.8, 4) is 0 Å². The number of carboxylic acids is 2. The highest BCUT2D eigenvalue weighted by Gasteiger charge is 2.23. The van der Waals surface area contributed by atoms with Gasteiger partial charge in [-0.2, -0.15) is 0 Å². The van der Waals surface area contributed by atoms with Crippen LogP contribution < -0.4 is 16.0 Å². The van der Waals surface area contributed by atoms with Gasteiger partial charge in [-0.15, -0.1) is 0 Å². The molecule has 136 valence electrons. The van der Waals surface area contributed by atoms with Crippen LogP contribution in [0.25, 0.3) is 0 Å². The number of carbonyl (C=O) groups is 4. The highest BCUT2D eigenvalue weighted by atomic mass is 16.4. The first-order valence-corrected chi connectivity index (χ1v) is 7.65. The minimum atomic E-state index is -1.35. The summed E-state index contributed by atoms with van der Waals surface area (Å²) in [5.74, 6) is -3.60. The summed E-state index contributed by atoms with van der Waals surface area (Å²) in [6.45, 7) is 3.81. The van der Waals surface area contributed by atoms with E-state index in [0.29, 0.717) is 12.2 Å². The van der Waals surface area contributed by atoms with E-state index in [1.807, 2.05) is 6.92 Å². The van der Waals surface area contributed by atoms with Crippen LogP contribution >= 0.6 is 0 Å². The minimum absolute atomic E-state index is 0.0819. The number of amides is 2. The molecule has 5 N–H and O–H groups in total. The van der Waals surface area contributed by atoms with Crippen LogP contribution in [0.2, 0.25) is 0 Å². The van der Waals surface area contributed by atoms with Gasteiger partial charge in [0, 0.05) is 25.6 Å². The molecule has 0 heterocycles. The Hall–Kier alpha value is -3.10. The van der Waals surface area contributed by atoms with E-state index in [9.17, 15) is 19.2 Å². The van der Waals surface area contributed by atoms with Crippen molar-refractivity contribution in [2.75, 3.05) is 17.2 Å². The van der Waals surface area contributed by atoms with Crippen LogP contribution in [0.4, 0.5) is 11.4 Å². The number of anilines is 2. The molecule has 0 spiro atoms. The molecule has 2 amide bonds. The predicted octanol–water partition coefficient (Wildman–Crippen LogP) is 1.12. The number of nitrogens with one attached hydrogen (secondary N) is 3. The molecular formula is C16H21N3O6. The molecule has 0 radical (unpaired) electrons. The largest absolute Gasteiger partial charge is 0.481 e. The van der Waals surface area contributed by atoms with Crippen molar-refractivity contribution in [1.29, 1.82) is 0 Å².